The molecule has 0 bridgehead atoms. The Morgan fingerprint density at radius 3 is 2.88 bits per heavy atom. The molecule has 1 N–H and O–H groups in total. The molecule has 0 aliphatic rings. The summed E-state index contributed by atoms with van der Waals surface area (Å²) in [6.45, 7) is 0. The SMILES string of the molecule is O=C(O)c1ccsc1Sc1cccc(Cl)c1. The molecule has 2 rings (SSSR count). The first-order valence-electron chi connectivity index (χ1n) is 4.41. The summed E-state index contributed by atoms with van der Waals surface area (Å²) < 4.78 is 0.773. The largest absolute Gasteiger partial charge is 0.478 e. The van der Waals surface area contributed by atoms with Crippen LogP contribution in [0.15, 0.2) is 44.8 Å². The Labute approximate surface area is 106 Å². The summed E-state index contributed by atoms with van der Waals surface area (Å²) in [4.78, 5) is 11.8. The van der Waals surface area contributed by atoms with Crippen LogP contribution < -0.4 is 0 Å². The third-order valence-electron chi connectivity index (χ3n) is 1.87. The molecule has 0 fully saturated rings. The second-order valence-electron chi connectivity index (χ2n) is 2.99. The Balaban J connectivity index is 2.27. The Bertz CT molecular complexity index is 522. The van der Waals surface area contributed by atoms with Crippen molar-refractivity contribution in [2.75, 3.05) is 0 Å². The normalized spacial score (nSPS) is 10.3. The summed E-state index contributed by atoms with van der Waals surface area (Å²) in [5, 5.41) is 11.4. The summed E-state index contributed by atoms with van der Waals surface area (Å²) >= 11 is 8.70. The van der Waals surface area contributed by atoms with E-state index >= 15 is 0 Å². The lowest BCUT2D eigenvalue weighted by atomic mass is 10.3. The number of halogens is 1. The minimum absolute atomic E-state index is 0.343. The van der Waals surface area contributed by atoms with Crippen molar-refractivity contribution >= 4 is 40.7 Å². The Morgan fingerprint density at radius 2 is 2.19 bits per heavy atom. The monoisotopic (exact) mass is 270 g/mol. The number of benzene rings is 1. The van der Waals surface area contributed by atoms with E-state index in [1.54, 1.807) is 17.5 Å². The quantitative estimate of drug-likeness (QED) is 0.906. The summed E-state index contributed by atoms with van der Waals surface area (Å²) in [5.74, 6) is -0.897. The van der Waals surface area contributed by atoms with Gasteiger partial charge in [0.1, 0.15) is 0 Å². The molecule has 16 heavy (non-hydrogen) atoms. The van der Waals surface area contributed by atoms with Crippen molar-refractivity contribution in [1.29, 1.82) is 0 Å². The van der Waals surface area contributed by atoms with Crippen LogP contribution in [0.2, 0.25) is 5.02 Å². The van der Waals surface area contributed by atoms with E-state index in [-0.39, 0.29) is 0 Å². The van der Waals surface area contributed by atoms with Crippen LogP contribution >= 0.6 is 34.7 Å². The first-order valence-corrected chi connectivity index (χ1v) is 6.48. The zero-order chi connectivity index (χ0) is 11.5. The van der Waals surface area contributed by atoms with Crippen LogP contribution in [-0.4, -0.2) is 11.1 Å². The summed E-state index contributed by atoms with van der Waals surface area (Å²) in [6.07, 6.45) is 0. The van der Waals surface area contributed by atoms with Crippen LogP contribution in [-0.2, 0) is 0 Å². The summed E-state index contributed by atoms with van der Waals surface area (Å²) in [7, 11) is 0. The van der Waals surface area contributed by atoms with E-state index < -0.39 is 5.97 Å². The average molecular weight is 271 g/mol. The lowest BCUT2D eigenvalue weighted by Crippen LogP contribution is -1.94. The molecule has 0 amide bonds. The van der Waals surface area contributed by atoms with Crippen LogP contribution in [0.3, 0.4) is 0 Å². The molecule has 0 saturated heterocycles. The first-order chi connectivity index (χ1) is 7.66. The molecule has 82 valence electrons. The summed E-state index contributed by atoms with van der Waals surface area (Å²) in [5.41, 5.74) is 0.343. The fourth-order valence-electron chi connectivity index (χ4n) is 1.17. The van der Waals surface area contributed by atoms with E-state index in [0.717, 1.165) is 9.10 Å². The molecule has 1 aromatic heterocycles. The molecule has 0 atom stereocenters. The van der Waals surface area contributed by atoms with Gasteiger partial charge in [-0.25, -0.2) is 4.79 Å². The molecule has 0 spiro atoms. The van der Waals surface area contributed by atoms with Gasteiger partial charge in [-0.15, -0.1) is 11.3 Å². The Hall–Kier alpha value is -0.970. The molecular formula is C11H7ClO2S2. The zero-order valence-corrected chi connectivity index (χ0v) is 10.4. The minimum atomic E-state index is -0.897. The standard InChI is InChI=1S/C11H7ClO2S2/c12-7-2-1-3-8(6-7)16-11-9(10(13)14)4-5-15-11/h1-6H,(H,13,14). The maximum Gasteiger partial charge on any atom is 0.337 e. The highest BCUT2D eigenvalue weighted by molar-refractivity contribution is 8.01. The molecule has 0 saturated carbocycles. The van der Waals surface area contributed by atoms with Crippen LogP contribution in [0.25, 0.3) is 0 Å². The molecule has 2 nitrogen and oxygen atoms in total. The fourth-order valence-corrected chi connectivity index (χ4v) is 3.50. The van der Waals surface area contributed by atoms with Crippen molar-refractivity contribution in [3.05, 3.63) is 46.3 Å². The number of aromatic carboxylic acids is 1. The van der Waals surface area contributed by atoms with Gasteiger partial charge in [-0.2, -0.15) is 0 Å². The van der Waals surface area contributed by atoms with Gasteiger partial charge < -0.3 is 5.11 Å². The van der Waals surface area contributed by atoms with Crippen LogP contribution in [0, 0.1) is 0 Å². The molecule has 1 heterocycles. The second kappa shape index (κ2) is 4.91. The molecule has 2 aromatic rings. The Kier molecular flexibility index (Phi) is 3.53. The lowest BCUT2D eigenvalue weighted by molar-refractivity contribution is 0.0694. The fraction of sp³-hybridized carbons (Fsp3) is 0. The predicted molar refractivity (Wildman–Crippen MR) is 66.9 cm³/mol. The number of carboxylic acid groups (broad SMARTS) is 1. The van der Waals surface area contributed by atoms with Gasteiger partial charge in [0.2, 0.25) is 0 Å². The van der Waals surface area contributed by atoms with Gasteiger partial charge in [0.15, 0.2) is 0 Å². The highest BCUT2D eigenvalue weighted by Crippen LogP contribution is 2.35. The van der Waals surface area contributed by atoms with Crippen LogP contribution in [0.4, 0.5) is 0 Å². The maximum atomic E-state index is 10.9. The molecule has 0 radical (unpaired) electrons. The minimum Gasteiger partial charge on any atom is -0.478 e. The van der Waals surface area contributed by atoms with Crippen LogP contribution in [0.1, 0.15) is 10.4 Å². The van der Waals surface area contributed by atoms with Gasteiger partial charge in [-0.05, 0) is 29.6 Å². The molecule has 1 aromatic carbocycles. The summed E-state index contributed by atoms with van der Waals surface area (Å²) in [6, 6.07) is 8.97. The molecular weight excluding hydrogens is 264 g/mol. The van der Waals surface area contributed by atoms with Gasteiger partial charge in [0.25, 0.3) is 0 Å². The Morgan fingerprint density at radius 1 is 1.38 bits per heavy atom. The average Bonchev–Trinajstić information content (AvgIpc) is 2.66. The van der Waals surface area contributed by atoms with Crippen molar-refractivity contribution in [2.24, 2.45) is 0 Å². The van der Waals surface area contributed by atoms with Gasteiger partial charge in [-0.3, -0.25) is 0 Å². The van der Waals surface area contributed by atoms with Gasteiger partial charge in [-0.1, -0.05) is 29.4 Å². The first kappa shape index (κ1) is 11.5. The zero-order valence-electron chi connectivity index (χ0n) is 8.01. The number of hydrogen-bond donors (Lipinski definition) is 1. The number of carboxylic acids is 1. The smallest absolute Gasteiger partial charge is 0.337 e. The van der Waals surface area contributed by atoms with Gasteiger partial charge >= 0.3 is 5.97 Å². The number of thiophene rings is 1. The van der Waals surface area contributed by atoms with E-state index in [1.807, 2.05) is 18.2 Å². The van der Waals surface area contributed by atoms with Crippen molar-refractivity contribution in [2.45, 2.75) is 9.10 Å². The molecule has 0 aliphatic heterocycles. The molecule has 5 heteroatoms. The van der Waals surface area contributed by atoms with Crippen molar-refractivity contribution in [1.82, 2.24) is 0 Å². The van der Waals surface area contributed by atoms with Gasteiger partial charge in [0, 0.05) is 9.92 Å². The highest BCUT2D eigenvalue weighted by Gasteiger charge is 2.12. The molecule has 0 unspecified atom stereocenters. The maximum absolute atomic E-state index is 10.9. The van der Waals surface area contributed by atoms with Crippen molar-refractivity contribution < 1.29 is 9.90 Å². The lowest BCUT2D eigenvalue weighted by Gasteiger charge is -2.00. The molecule has 0 aliphatic carbocycles. The van der Waals surface area contributed by atoms with E-state index in [4.69, 9.17) is 16.7 Å². The van der Waals surface area contributed by atoms with Crippen molar-refractivity contribution in [3.8, 4) is 0 Å². The second-order valence-corrected chi connectivity index (χ2v) is 5.68. The van der Waals surface area contributed by atoms with E-state index in [2.05, 4.69) is 0 Å². The topological polar surface area (TPSA) is 37.3 Å². The van der Waals surface area contributed by atoms with E-state index in [9.17, 15) is 4.79 Å². The van der Waals surface area contributed by atoms with Gasteiger partial charge in [0.05, 0.1) is 9.77 Å². The van der Waals surface area contributed by atoms with E-state index in [1.165, 1.54) is 23.1 Å². The number of carbonyl (C=O) groups is 1. The van der Waals surface area contributed by atoms with Crippen molar-refractivity contribution in [3.63, 3.8) is 0 Å². The highest BCUT2D eigenvalue weighted by atomic mass is 35.5. The van der Waals surface area contributed by atoms with Crippen LogP contribution in [0.5, 0.6) is 0 Å². The third-order valence-corrected chi connectivity index (χ3v) is 4.24. The van der Waals surface area contributed by atoms with E-state index in [0.29, 0.717) is 10.6 Å². The number of hydrogen-bond acceptors (Lipinski definition) is 3. The predicted octanol–water partition coefficient (Wildman–Crippen LogP) is 4.25. The number of rotatable bonds is 3. The third kappa shape index (κ3) is 2.58.